The Labute approximate surface area is 225 Å². The molecule has 39 heavy (non-hydrogen) atoms. The fourth-order valence-electron chi connectivity index (χ4n) is 5.86. The Kier molecular flexibility index (Phi) is 4.86. The van der Waals surface area contributed by atoms with Crippen LogP contribution in [0.5, 0.6) is 0 Å². The van der Waals surface area contributed by atoms with Gasteiger partial charge in [-0.25, -0.2) is 0 Å². The maximum absolute atomic E-state index is 6.63. The Bertz CT molecular complexity index is 2160. The summed E-state index contributed by atoms with van der Waals surface area (Å²) in [4.78, 5) is 4.28. The van der Waals surface area contributed by atoms with Crippen LogP contribution in [0.25, 0.3) is 76.9 Å². The highest BCUT2D eigenvalue weighted by Gasteiger charge is 2.18. The molecule has 0 aliphatic carbocycles. The van der Waals surface area contributed by atoms with Crippen LogP contribution in [-0.4, -0.2) is 4.98 Å². The van der Waals surface area contributed by atoms with Gasteiger partial charge in [-0.1, -0.05) is 103 Å². The number of furan rings is 1. The van der Waals surface area contributed by atoms with Crippen molar-refractivity contribution in [2.24, 2.45) is 0 Å². The lowest BCUT2D eigenvalue weighted by atomic mass is 9.93. The van der Waals surface area contributed by atoms with E-state index in [9.17, 15) is 0 Å². The molecular formula is C37H23NO. The Morgan fingerprint density at radius 1 is 0.462 bits per heavy atom. The van der Waals surface area contributed by atoms with Gasteiger partial charge in [0.2, 0.25) is 0 Å². The van der Waals surface area contributed by atoms with Crippen molar-refractivity contribution in [3.63, 3.8) is 0 Å². The summed E-state index contributed by atoms with van der Waals surface area (Å²) in [7, 11) is 0. The van der Waals surface area contributed by atoms with Crippen molar-refractivity contribution < 1.29 is 4.42 Å². The molecule has 0 radical (unpaired) electrons. The summed E-state index contributed by atoms with van der Waals surface area (Å²) in [6.45, 7) is 0. The second-order valence-electron chi connectivity index (χ2n) is 10.0. The number of aromatic nitrogens is 1. The van der Waals surface area contributed by atoms with Crippen molar-refractivity contribution in [1.82, 2.24) is 4.98 Å². The molecule has 0 spiro atoms. The molecule has 0 bridgehead atoms. The van der Waals surface area contributed by atoms with Gasteiger partial charge >= 0.3 is 0 Å². The monoisotopic (exact) mass is 497 g/mol. The molecule has 0 N–H and O–H groups in total. The van der Waals surface area contributed by atoms with E-state index in [0.717, 1.165) is 33.4 Å². The third-order valence-corrected chi connectivity index (χ3v) is 7.74. The molecule has 6 aromatic carbocycles. The first-order valence-corrected chi connectivity index (χ1v) is 13.2. The van der Waals surface area contributed by atoms with Crippen molar-refractivity contribution in [2.45, 2.75) is 0 Å². The number of hydrogen-bond acceptors (Lipinski definition) is 2. The molecule has 0 saturated carbocycles. The zero-order chi connectivity index (χ0) is 25.8. The van der Waals surface area contributed by atoms with Crippen LogP contribution in [0.4, 0.5) is 0 Å². The molecule has 182 valence electrons. The van der Waals surface area contributed by atoms with Crippen LogP contribution in [0.2, 0.25) is 0 Å². The lowest BCUT2D eigenvalue weighted by molar-refractivity contribution is 0.670. The molecule has 8 rings (SSSR count). The van der Waals surface area contributed by atoms with E-state index in [1.165, 1.54) is 43.4 Å². The van der Waals surface area contributed by atoms with Gasteiger partial charge in [-0.05, 0) is 68.1 Å². The maximum atomic E-state index is 6.63. The van der Waals surface area contributed by atoms with E-state index >= 15 is 0 Å². The predicted octanol–water partition coefficient (Wildman–Crippen LogP) is 10.3. The van der Waals surface area contributed by atoms with Crippen LogP contribution in [0, 0.1) is 0 Å². The molecule has 2 heteroatoms. The van der Waals surface area contributed by atoms with E-state index in [-0.39, 0.29) is 0 Å². The van der Waals surface area contributed by atoms with Crippen LogP contribution < -0.4 is 0 Å². The van der Waals surface area contributed by atoms with Crippen molar-refractivity contribution in [3.8, 4) is 33.4 Å². The van der Waals surface area contributed by atoms with Crippen LogP contribution in [0.1, 0.15) is 0 Å². The van der Waals surface area contributed by atoms with Crippen molar-refractivity contribution >= 4 is 43.5 Å². The summed E-state index contributed by atoms with van der Waals surface area (Å²) in [6, 6.07) is 45.2. The van der Waals surface area contributed by atoms with E-state index < -0.39 is 0 Å². The highest BCUT2D eigenvalue weighted by atomic mass is 16.3. The normalized spacial score (nSPS) is 11.6. The Hall–Kier alpha value is -5.21. The zero-order valence-electron chi connectivity index (χ0n) is 21.1. The van der Waals surface area contributed by atoms with E-state index in [4.69, 9.17) is 4.42 Å². The topological polar surface area (TPSA) is 26.0 Å². The number of hydrogen-bond donors (Lipinski definition) is 0. The number of nitrogens with zero attached hydrogens (tertiary/aromatic N) is 1. The standard InChI is InChI=1S/C37H23NO/c1-3-12-31-25(7-1)18-19-34-35(31)36-32-13-4-2-8-29(32)22-33(37(36)39-34)26-16-14-24(15-17-26)27-9-5-10-28(21-27)30-11-6-20-38-23-30/h1-23H. The number of fused-ring (bicyclic) bond motifs is 7. The SMILES string of the molecule is c1cncc(-c2cccc(-c3ccc(-c4cc5ccccc5c5c4oc4ccc6ccccc6c45)cc3)c2)c1. The average molecular weight is 498 g/mol. The summed E-state index contributed by atoms with van der Waals surface area (Å²) in [6.07, 6.45) is 3.71. The van der Waals surface area contributed by atoms with E-state index in [1.807, 2.05) is 12.3 Å². The van der Waals surface area contributed by atoms with E-state index in [0.29, 0.717) is 0 Å². The first-order chi connectivity index (χ1) is 19.3. The van der Waals surface area contributed by atoms with Crippen LogP contribution in [0.15, 0.2) is 144 Å². The van der Waals surface area contributed by atoms with Gasteiger partial charge in [-0.2, -0.15) is 0 Å². The van der Waals surface area contributed by atoms with Gasteiger partial charge in [0.05, 0.1) is 0 Å². The fourth-order valence-corrected chi connectivity index (χ4v) is 5.86. The lowest BCUT2D eigenvalue weighted by Crippen LogP contribution is -1.85. The van der Waals surface area contributed by atoms with Gasteiger partial charge in [-0.15, -0.1) is 0 Å². The molecule has 2 nitrogen and oxygen atoms in total. The molecule has 8 aromatic rings. The quantitative estimate of drug-likeness (QED) is 0.243. The molecule has 0 aliphatic heterocycles. The molecule has 0 fully saturated rings. The Balaban J connectivity index is 1.31. The van der Waals surface area contributed by atoms with E-state index in [1.54, 1.807) is 6.20 Å². The summed E-state index contributed by atoms with van der Waals surface area (Å²) in [5.41, 5.74) is 8.75. The highest BCUT2D eigenvalue weighted by Crippen LogP contribution is 2.43. The van der Waals surface area contributed by atoms with Gasteiger partial charge in [0, 0.05) is 34.3 Å². The molecule has 0 unspecified atom stereocenters. The maximum Gasteiger partial charge on any atom is 0.143 e. The van der Waals surface area contributed by atoms with Crippen molar-refractivity contribution in [2.75, 3.05) is 0 Å². The van der Waals surface area contributed by atoms with Gasteiger partial charge in [0.25, 0.3) is 0 Å². The Morgan fingerprint density at radius 3 is 1.95 bits per heavy atom. The zero-order valence-corrected chi connectivity index (χ0v) is 21.1. The summed E-state index contributed by atoms with van der Waals surface area (Å²) >= 11 is 0. The van der Waals surface area contributed by atoms with Crippen LogP contribution >= 0.6 is 0 Å². The Morgan fingerprint density at radius 2 is 1.15 bits per heavy atom. The third-order valence-electron chi connectivity index (χ3n) is 7.74. The second kappa shape index (κ2) is 8.68. The smallest absolute Gasteiger partial charge is 0.143 e. The van der Waals surface area contributed by atoms with Crippen molar-refractivity contribution in [1.29, 1.82) is 0 Å². The van der Waals surface area contributed by atoms with Crippen LogP contribution in [-0.2, 0) is 0 Å². The molecule has 0 amide bonds. The minimum atomic E-state index is 0.921. The number of pyridine rings is 1. The fraction of sp³-hybridized carbons (Fsp3) is 0. The summed E-state index contributed by atoms with van der Waals surface area (Å²) < 4.78 is 6.63. The third kappa shape index (κ3) is 3.53. The molecule has 2 aromatic heterocycles. The second-order valence-corrected chi connectivity index (χ2v) is 10.0. The predicted molar refractivity (Wildman–Crippen MR) is 163 cm³/mol. The largest absolute Gasteiger partial charge is 0.455 e. The first-order valence-electron chi connectivity index (χ1n) is 13.2. The average Bonchev–Trinajstić information content (AvgIpc) is 3.42. The number of benzene rings is 6. The van der Waals surface area contributed by atoms with E-state index in [2.05, 4.69) is 126 Å². The minimum Gasteiger partial charge on any atom is -0.455 e. The molecule has 0 atom stereocenters. The molecule has 0 saturated heterocycles. The molecule has 2 heterocycles. The first kappa shape index (κ1) is 21.8. The van der Waals surface area contributed by atoms with Gasteiger partial charge in [0.15, 0.2) is 0 Å². The highest BCUT2D eigenvalue weighted by molar-refractivity contribution is 6.28. The number of rotatable bonds is 3. The minimum absolute atomic E-state index is 0.921. The van der Waals surface area contributed by atoms with Crippen molar-refractivity contribution in [3.05, 3.63) is 140 Å². The van der Waals surface area contributed by atoms with Gasteiger partial charge in [-0.3, -0.25) is 4.98 Å². The summed E-state index contributed by atoms with van der Waals surface area (Å²) in [5, 5.41) is 7.24. The molecule has 0 aliphatic rings. The van der Waals surface area contributed by atoms with Gasteiger partial charge < -0.3 is 4.42 Å². The summed E-state index contributed by atoms with van der Waals surface area (Å²) in [5.74, 6) is 0. The lowest BCUT2D eigenvalue weighted by Gasteiger charge is -2.09. The van der Waals surface area contributed by atoms with Gasteiger partial charge in [0.1, 0.15) is 11.2 Å². The molecular weight excluding hydrogens is 474 g/mol. The van der Waals surface area contributed by atoms with Crippen LogP contribution in [0.3, 0.4) is 0 Å².